The lowest BCUT2D eigenvalue weighted by Crippen LogP contribution is -2.02. The van der Waals surface area contributed by atoms with Crippen LogP contribution in [-0.4, -0.2) is 16.1 Å². The van der Waals surface area contributed by atoms with Gasteiger partial charge in [0.05, 0.1) is 11.2 Å². The highest BCUT2D eigenvalue weighted by Gasteiger charge is 2.12. The van der Waals surface area contributed by atoms with Gasteiger partial charge in [0.2, 0.25) is 0 Å². The van der Waals surface area contributed by atoms with Gasteiger partial charge in [0.1, 0.15) is 0 Å². The van der Waals surface area contributed by atoms with Crippen LogP contribution in [0.3, 0.4) is 0 Å². The lowest BCUT2D eigenvalue weighted by atomic mass is 10.1. The first-order chi connectivity index (χ1) is 7.15. The number of fused-ring (bicyclic) bond motifs is 1. The number of nitrogens with zero attached hydrogens (tertiary/aromatic N) is 2. The molecule has 1 aromatic heterocycles. The average molecular weight is 202 g/mol. The first-order valence-corrected chi connectivity index (χ1v) is 5.08. The van der Waals surface area contributed by atoms with Crippen LogP contribution in [0, 0.1) is 6.92 Å². The van der Waals surface area contributed by atoms with Crippen molar-refractivity contribution < 1.29 is 4.79 Å². The van der Waals surface area contributed by atoms with Crippen LogP contribution in [0.1, 0.15) is 35.9 Å². The van der Waals surface area contributed by atoms with E-state index in [1.807, 2.05) is 29.8 Å². The molecule has 2 rings (SSSR count). The molecule has 1 aromatic carbocycles. The van der Waals surface area contributed by atoms with E-state index >= 15 is 0 Å². The molecule has 0 amide bonds. The number of aldehydes is 1. The van der Waals surface area contributed by atoms with Crippen molar-refractivity contribution in [2.45, 2.75) is 26.8 Å². The molecule has 0 aliphatic carbocycles. The summed E-state index contributed by atoms with van der Waals surface area (Å²) in [5.41, 5.74) is 2.67. The van der Waals surface area contributed by atoms with Gasteiger partial charge in [-0.05, 0) is 26.8 Å². The topological polar surface area (TPSA) is 34.9 Å². The zero-order valence-corrected chi connectivity index (χ0v) is 9.19. The number of rotatable bonds is 2. The Kier molecular flexibility index (Phi) is 2.31. The Morgan fingerprint density at radius 1 is 1.40 bits per heavy atom. The number of aromatic nitrogens is 2. The van der Waals surface area contributed by atoms with E-state index in [4.69, 9.17) is 0 Å². The highest BCUT2D eigenvalue weighted by atomic mass is 16.1. The molecular weight excluding hydrogens is 188 g/mol. The lowest BCUT2D eigenvalue weighted by Gasteiger charge is -2.06. The Balaban J connectivity index is 2.85. The molecule has 0 fully saturated rings. The standard InChI is InChI=1S/C12H14N2O/c1-8(2)14-11-6-4-5-10(7-15)12(11)9(3)13-14/h4-8H,1-3H3. The van der Waals surface area contributed by atoms with Crippen molar-refractivity contribution in [3.05, 3.63) is 29.5 Å². The van der Waals surface area contributed by atoms with Crippen molar-refractivity contribution in [1.29, 1.82) is 0 Å². The van der Waals surface area contributed by atoms with Crippen LogP contribution in [-0.2, 0) is 0 Å². The van der Waals surface area contributed by atoms with E-state index in [9.17, 15) is 4.79 Å². The third-order valence-corrected chi connectivity index (χ3v) is 2.56. The predicted octanol–water partition coefficient (Wildman–Crippen LogP) is 2.74. The van der Waals surface area contributed by atoms with Gasteiger partial charge in [-0.15, -0.1) is 0 Å². The van der Waals surface area contributed by atoms with Crippen LogP contribution in [0.2, 0.25) is 0 Å². The molecule has 0 N–H and O–H groups in total. The highest BCUT2D eigenvalue weighted by molar-refractivity contribution is 5.98. The predicted molar refractivity (Wildman–Crippen MR) is 60.2 cm³/mol. The monoisotopic (exact) mass is 202 g/mol. The molecule has 0 radical (unpaired) electrons. The Bertz CT molecular complexity index is 512. The number of carbonyl (C=O) groups excluding carboxylic acids is 1. The summed E-state index contributed by atoms with van der Waals surface area (Å²) in [7, 11) is 0. The van der Waals surface area contributed by atoms with Crippen LogP contribution in [0.25, 0.3) is 10.9 Å². The van der Waals surface area contributed by atoms with Crippen LogP contribution < -0.4 is 0 Å². The molecular formula is C12H14N2O. The summed E-state index contributed by atoms with van der Waals surface area (Å²) in [6.45, 7) is 6.10. The van der Waals surface area contributed by atoms with E-state index in [1.54, 1.807) is 0 Å². The quantitative estimate of drug-likeness (QED) is 0.702. The summed E-state index contributed by atoms with van der Waals surface area (Å²) in [6, 6.07) is 6.03. The number of benzene rings is 1. The molecule has 2 aromatic rings. The minimum absolute atomic E-state index is 0.308. The van der Waals surface area contributed by atoms with Crippen molar-refractivity contribution >= 4 is 17.2 Å². The summed E-state index contributed by atoms with van der Waals surface area (Å²) < 4.78 is 1.96. The van der Waals surface area contributed by atoms with Gasteiger partial charge in [0.25, 0.3) is 0 Å². The fourth-order valence-corrected chi connectivity index (χ4v) is 1.90. The zero-order chi connectivity index (χ0) is 11.0. The maximum atomic E-state index is 10.9. The van der Waals surface area contributed by atoms with Gasteiger partial charge in [-0.25, -0.2) is 0 Å². The highest BCUT2D eigenvalue weighted by Crippen LogP contribution is 2.23. The Morgan fingerprint density at radius 2 is 2.13 bits per heavy atom. The molecule has 15 heavy (non-hydrogen) atoms. The number of hydrogen-bond acceptors (Lipinski definition) is 2. The maximum absolute atomic E-state index is 10.9. The van der Waals surface area contributed by atoms with Crippen LogP contribution >= 0.6 is 0 Å². The number of carbonyl (C=O) groups is 1. The molecule has 1 heterocycles. The summed E-state index contributed by atoms with van der Waals surface area (Å²) in [6.07, 6.45) is 0.891. The van der Waals surface area contributed by atoms with Crippen LogP contribution in [0.5, 0.6) is 0 Å². The molecule has 0 unspecified atom stereocenters. The third-order valence-electron chi connectivity index (χ3n) is 2.56. The molecule has 78 valence electrons. The second-order valence-corrected chi connectivity index (χ2v) is 3.98. The van der Waals surface area contributed by atoms with Gasteiger partial charge in [-0.2, -0.15) is 5.10 Å². The second-order valence-electron chi connectivity index (χ2n) is 3.98. The smallest absolute Gasteiger partial charge is 0.150 e. The maximum Gasteiger partial charge on any atom is 0.150 e. The van der Waals surface area contributed by atoms with Crippen molar-refractivity contribution in [3.8, 4) is 0 Å². The van der Waals surface area contributed by atoms with Gasteiger partial charge in [0.15, 0.2) is 6.29 Å². The Morgan fingerprint density at radius 3 is 2.73 bits per heavy atom. The molecule has 0 saturated carbocycles. The molecule has 3 heteroatoms. The fraction of sp³-hybridized carbons (Fsp3) is 0.333. The van der Waals surface area contributed by atoms with Crippen molar-refractivity contribution in [2.24, 2.45) is 0 Å². The SMILES string of the molecule is Cc1nn(C(C)C)c2cccc(C=O)c12. The zero-order valence-electron chi connectivity index (χ0n) is 9.19. The summed E-state index contributed by atoms with van der Waals surface area (Å²) in [5.74, 6) is 0. The molecule has 0 aliphatic rings. The molecule has 0 aliphatic heterocycles. The van der Waals surface area contributed by atoms with E-state index in [1.165, 1.54) is 0 Å². The van der Waals surface area contributed by atoms with E-state index in [-0.39, 0.29) is 0 Å². The largest absolute Gasteiger partial charge is 0.298 e. The van der Waals surface area contributed by atoms with Crippen molar-refractivity contribution in [1.82, 2.24) is 9.78 Å². The minimum atomic E-state index is 0.308. The number of aryl methyl sites for hydroxylation is 1. The lowest BCUT2D eigenvalue weighted by molar-refractivity contribution is 0.112. The molecule has 0 atom stereocenters. The van der Waals surface area contributed by atoms with Gasteiger partial charge in [-0.1, -0.05) is 12.1 Å². The Hall–Kier alpha value is -1.64. The van der Waals surface area contributed by atoms with E-state index < -0.39 is 0 Å². The van der Waals surface area contributed by atoms with Gasteiger partial charge in [0, 0.05) is 17.0 Å². The van der Waals surface area contributed by atoms with Crippen LogP contribution in [0.15, 0.2) is 18.2 Å². The second kappa shape index (κ2) is 3.50. The van der Waals surface area contributed by atoms with E-state index in [2.05, 4.69) is 18.9 Å². The fourth-order valence-electron chi connectivity index (χ4n) is 1.90. The van der Waals surface area contributed by atoms with Gasteiger partial charge < -0.3 is 0 Å². The van der Waals surface area contributed by atoms with Crippen molar-refractivity contribution in [2.75, 3.05) is 0 Å². The first kappa shape index (κ1) is 9.90. The normalized spacial score (nSPS) is 11.2. The van der Waals surface area contributed by atoms with Gasteiger partial charge >= 0.3 is 0 Å². The van der Waals surface area contributed by atoms with Crippen LogP contribution in [0.4, 0.5) is 0 Å². The Labute approximate surface area is 88.7 Å². The molecule has 3 nitrogen and oxygen atoms in total. The van der Waals surface area contributed by atoms with E-state index in [0.29, 0.717) is 6.04 Å². The van der Waals surface area contributed by atoms with Crippen molar-refractivity contribution in [3.63, 3.8) is 0 Å². The third kappa shape index (κ3) is 1.44. The summed E-state index contributed by atoms with van der Waals surface area (Å²) >= 11 is 0. The first-order valence-electron chi connectivity index (χ1n) is 5.08. The average Bonchev–Trinajstić information content (AvgIpc) is 2.56. The summed E-state index contributed by atoms with van der Waals surface area (Å²) in [5, 5.41) is 5.43. The minimum Gasteiger partial charge on any atom is -0.298 e. The molecule has 0 spiro atoms. The summed E-state index contributed by atoms with van der Waals surface area (Å²) in [4.78, 5) is 10.9. The molecule has 0 saturated heterocycles. The van der Waals surface area contributed by atoms with E-state index in [0.717, 1.165) is 28.4 Å². The molecule has 0 bridgehead atoms. The number of hydrogen-bond donors (Lipinski definition) is 0. The van der Waals surface area contributed by atoms with Gasteiger partial charge in [-0.3, -0.25) is 9.48 Å².